The molecule has 1 aromatic heterocycles. The molecule has 0 fully saturated rings. The van der Waals surface area contributed by atoms with Crippen molar-refractivity contribution in [2.24, 2.45) is 0 Å². The van der Waals surface area contributed by atoms with Crippen LogP contribution >= 0.6 is 0 Å². The van der Waals surface area contributed by atoms with E-state index in [1.165, 1.54) is 0 Å². The number of allylic oxidation sites excluding steroid dienone is 1. The molecule has 1 aromatic rings. The Morgan fingerprint density at radius 2 is 2.24 bits per heavy atom. The number of hydrazine groups is 1. The second-order valence-electron chi connectivity index (χ2n) is 3.44. The van der Waals surface area contributed by atoms with Crippen molar-refractivity contribution in [1.82, 2.24) is 15.8 Å². The zero-order valence-corrected chi connectivity index (χ0v) is 10.2. The van der Waals surface area contributed by atoms with Crippen LogP contribution in [-0.4, -0.2) is 11.6 Å². The minimum atomic E-state index is 0.820. The van der Waals surface area contributed by atoms with Crippen molar-refractivity contribution in [2.75, 3.05) is 6.54 Å². The lowest BCUT2D eigenvalue weighted by atomic mass is 10.2. The third kappa shape index (κ3) is 2.12. The zero-order chi connectivity index (χ0) is 12.3. The molecule has 0 aromatic carbocycles. The van der Waals surface area contributed by atoms with Gasteiger partial charge in [-0.3, -0.25) is 5.01 Å². The lowest BCUT2D eigenvalue weighted by Gasteiger charge is -2.28. The molecule has 0 amide bonds. The molecule has 90 valence electrons. The fraction of sp³-hybridized carbons (Fsp3) is 0.231. The monoisotopic (exact) mass is 231 g/mol. The van der Waals surface area contributed by atoms with Crippen LogP contribution in [0.5, 0.6) is 0 Å². The Balaban J connectivity index is 0.000000514. The summed E-state index contributed by atoms with van der Waals surface area (Å²) in [5.41, 5.74) is 5.02. The van der Waals surface area contributed by atoms with E-state index < -0.39 is 0 Å². The van der Waals surface area contributed by atoms with Gasteiger partial charge in [-0.1, -0.05) is 20.4 Å². The molecular weight excluding hydrogens is 214 g/mol. The number of furan rings is 1. The van der Waals surface area contributed by atoms with Crippen LogP contribution in [-0.2, 0) is 0 Å². The molecule has 3 rings (SSSR count). The molecule has 0 radical (unpaired) electrons. The molecule has 0 unspecified atom stereocenters. The number of nitrogens with one attached hydrogen (secondary N) is 2. The fourth-order valence-electron chi connectivity index (χ4n) is 1.74. The molecular formula is C13H17N3O. The number of hydrogen-bond acceptors (Lipinski definition) is 4. The Morgan fingerprint density at radius 3 is 2.94 bits per heavy atom. The Hall–Kier alpha value is -1.94. The van der Waals surface area contributed by atoms with E-state index in [1.807, 2.05) is 37.1 Å². The van der Waals surface area contributed by atoms with E-state index in [1.54, 1.807) is 6.26 Å². The number of nitrogens with zero attached hydrogens (tertiary/aromatic N) is 1. The van der Waals surface area contributed by atoms with E-state index in [2.05, 4.69) is 23.4 Å². The van der Waals surface area contributed by atoms with Crippen molar-refractivity contribution >= 4 is 5.70 Å². The molecule has 0 saturated carbocycles. The van der Waals surface area contributed by atoms with Crippen LogP contribution in [0.4, 0.5) is 0 Å². The standard InChI is InChI=1S/C11H11N3O.C2H6/c1-8-7-9(10-3-2-6-15-10)13-11-4-5-12-14(8)11;1-2/h2-4,6-7,12-13H,1,5H2;1-2H3. The summed E-state index contributed by atoms with van der Waals surface area (Å²) >= 11 is 0. The lowest BCUT2D eigenvalue weighted by molar-refractivity contribution is 0.346. The van der Waals surface area contributed by atoms with Crippen LogP contribution < -0.4 is 10.7 Å². The summed E-state index contributed by atoms with van der Waals surface area (Å²) in [5.74, 6) is 1.83. The molecule has 2 aliphatic rings. The molecule has 0 aliphatic carbocycles. The van der Waals surface area contributed by atoms with Gasteiger partial charge >= 0.3 is 0 Å². The Kier molecular flexibility index (Phi) is 3.35. The summed E-state index contributed by atoms with van der Waals surface area (Å²) in [4.78, 5) is 0. The number of hydrogen-bond donors (Lipinski definition) is 2. The first-order valence-electron chi connectivity index (χ1n) is 5.80. The second-order valence-corrected chi connectivity index (χ2v) is 3.44. The molecule has 0 bridgehead atoms. The third-order valence-corrected chi connectivity index (χ3v) is 2.43. The second kappa shape index (κ2) is 4.93. The highest BCUT2D eigenvalue weighted by atomic mass is 16.3. The number of rotatable bonds is 1. The molecule has 2 aliphatic heterocycles. The van der Waals surface area contributed by atoms with Gasteiger partial charge in [0, 0.05) is 6.54 Å². The maximum Gasteiger partial charge on any atom is 0.150 e. The van der Waals surface area contributed by atoms with Gasteiger partial charge in [0.2, 0.25) is 0 Å². The molecule has 0 spiro atoms. The van der Waals surface area contributed by atoms with Crippen LogP contribution in [0.2, 0.25) is 0 Å². The van der Waals surface area contributed by atoms with Crippen molar-refractivity contribution in [3.8, 4) is 0 Å². The molecule has 3 heterocycles. The highest BCUT2D eigenvalue weighted by Crippen LogP contribution is 2.25. The molecule has 4 nitrogen and oxygen atoms in total. The molecule has 2 N–H and O–H groups in total. The van der Waals surface area contributed by atoms with E-state index in [9.17, 15) is 0 Å². The van der Waals surface area contributed by atoms with Gasteiger partial charge in [-0.25, -0.2) is 5.43 Å². The third-order valence-electron chi connectivity index (χ3n) is 2.43. The summed E-state index contributed by atoms with van der Waals surface area (Å²) in [5, 5.41) is 5.20. The Morgan fingerprint density at radius 1 is 1.41 bits per heavy atom. The molecule has 0 atom stereocenters. The quantitative estimate of drug-likeness (QED) is 0.778. The van der Waals surface area contributed by atoms with Crippen molar-refractivity contribution < 1.29 is 4.42 Å². The van der Waals surface area contributed by atoms with Crippen molar-refractivity contribution in [2.45, 2.75) is 13.8 Å². The zero-order valence-electron chi connectivity index (χ0n) is 10.2. The topological polar surface area (TPSA) is 40.4 Å². The summed E-state index contributed by atoms with van der Waals surface area (Å²) in [7, 11) is 0. The average Bonchev–Trinajstić information content (AvgIpc) is 3.02. The van der Waals surface area contributed by atoms with E-state index in [4.69, 9.17) is 4.42 Å². The van der Waals surface area contributed by atoms with Crippen molar-refractivity contribution in [3.05, 3.63) is 54.4 Å². The molecule has 4 heteroatoms. The van der Waals surface area contributed by atoms with Crippen LogP contribution in [0, 0.1) is 0 Å². The first kappa shape index (κ1) is 11.5. The van der Waals surface area contributed by atoms with Gasteiger partial charge in [0.05, 0.1) is 17.7 Å². The van der Waals surface area contributed by atoms with Crippen molar-refractivity contribution in [3.63, 3.8) is 0 Å². The van der Waals surface area contributed by atoms with Gasteiger partial charge in [0.25, 0.3) is 0 Å². The predicted octanol–water partition coefficient (Wildman–Crippen LogP) is 2.43. The smallest absolute Gasteiger partial charge is 0.150 e. The molecule has 0 saturated heterocycles. The Bertz CT molecular complexity index is 457. The van der Waals surface area contributed by atoms with Crippen LogP contribution in [0.15, 0.2) is 53.1 Å². The van der Waals surface area contributed by atoms with E-state index in [-0.39, 0.29) is 0 Å². The lowest BCUT2D eigenvalue weighted by Crippen LogP contribution is -2.37. The van der Waals surface area contributed by atoms with Crippen LogP contribution in [0.3, 0.4) is 0 Å². The summed E-state index contributed by atoms with van der Waals surface area (Å²) < 4.78 is 5.33. The van der Waals surface area contributed by atoms with Gasteiger partial charge in [-0.2, -0.15) is 0 Å². The fourth-order valence-corrected chi connectivity index (χ4v) is 1.74. The number of fused-ring (bicyclic) bond motifs is 1. The highest BCUT2D eigenvalue weighted by molar-refractivity contribution is 5.66. The maximum absolute atomic E-state index is 5.33. The van der Waals surface area contributed by atoms with E-state index in [0.717, 1.165) is 29.5 Å². The first-order valence-corrected chi connectivity index (χ1v) is 5.80. The minimum absolute atomic E-state index is 0.820. The minimum Gasteiger partial charge on any atom is -0.463 e. The summed E-state index contributed by atoms with van der Waals surface area (Å²) in [6, 6.07) is 3.79. The summed E-state index contributed by atoms with van der Waals surface area (Å²) in [6.07, 6.45) is 5.68. The van der Waals surface area contributed by atoms with Gasteiger partial charge in [-0.15, -0.1) is 0 Å². The highest BCUT2D eigenvalue weighted by Gasteiger charge is 2.23. The van der Waals surface area contributed by atoms with Gasteiger partial charge in [0.15, 0.2) is 0 Å². The largest absolute Gasteiger partial charge is 0.463 e. The average molecular weight is 231 g/mol. The first-order chi connectivity index (χ1) is 8.34. The predicted molar refractivity (Wildman–Crippen MR) is 68.2 cm³/mol. The van der Waals surface area contributed by atoms with Gasteiger partial charge < -0.3 is 9.73 Å². The van der Waals surface area contributed by atoms with Gasteiger partial charge in [0.1, 0.15) is 11.6 Å². The van der Waals surface area contributed by atoms with Gasteiger partial charge in [-0.05, 0) is 24.3 Å². The SMILES string of the molecule is C=C1C=C(c2ccco2)NC2=CCNN12.CC. The normalized spacial score (nSPS) is 17.5. The summed E-state index contributed by atoms with van der Waals surface area (Å²) in [6.45, 7) is 8.80. The van der Waals surface area contributed by atoms with Crippen molar-refractivity contribution in [1.29, 1.82) is 0 Å². The molecule has 17 heavy (non-hydrogen) atoms. The maximum atomic E-state index is 5.33. The van der Waals surface area contributed by atoms with Crippen LogP contribution in [0.1, 0.15) is 19.6 Å². The van der Waals surface area contributed by atoms with Crippen LogP contribution in [0.25, 0.3) is 5.70 Å². The van der Waals surface area contributed by atoms with E-state index in [0.29, 0.717) is 0 Å². The van der Waals surface area contributed by atoms with E-state index >= 15 is 0 Å². The Labute approximate surface area is 101 Å².